The SMILES string of the molecule is CCc1cc(NCC2CCNCC2)nc(-c2ccncc2)n1. The van der Waals surface area contributed by atoms with Crippen LogP contribution in [-0.4, -0.2) is 34.6 Å². The van der Waals surface area contributed by atoms with E-state index in [0.717, 1.165) is 54.9 Å². The number of piperidine rings is 1. The molecule has 0 aromatic carbocycles. The van der Waals surface area contributed by atoms with Gasteiger partial charge in [0, 0.05) is 36.3 Å². The van der Waals surface area contributed by atoms with E-state index in [1.54, 1.807) is 12.4 Å². The van der Waals surface area contributed by atoms with Crippen LogP contribution in [0.1, 0.15) is 25.5 Å². The largest absolute Gasteiger partial charge is 0.370 e. The Labute approximate surface area is 131 Å². The van der Waals surface area contributed by atoms with Gasteiger partial charge in [0.25, 0.3) is 0 Å². The molecule has 1 fully saturated rings. The van der Waals surface area contributed by atoms with Crippen molar-refractivity contribution in [3.8, 4) is 11.4 Å². The van der Waals surface area contributed by atoms with Gasteiger partial charge < -0.3 is 10.6 Å². The van der Waals surface area contributed by atoms with E-state index in [0.29, 0.717) is 0 Å². The molecule has 1 aliphatic heterocycles. The van der Waals surface area contributed by atoms with Gasteiger partial charge in [-0.3, -0.25) is 4.98 Å². The number of pyridine rings is 1. The Balaban J connectivity index is 1.75. The van der Waals surface area contributed by atoms with Crippen LogP contribution in [-0.2, 0) is 6.42 Å². The zero-order chi connectivity index (χ0) is 15.2. The van der Waals surface area contributed by atoms with E-state index in [1.807, 2.05) is 12.1 Å². The maximum absolute atomic E-state index is 4.67. The van der Waals surface area contributed by atoms with Gasteiger partial charge in [-0.25, -0.2) is 9.97 Å². The summed E-state index contributed by atoms with van der Waals surface area (Å²) < 4.78 is 0. The van der Waals surface area contributed by atoms with E-state index in [9.17, 15) is 0 Å². The molecule has 0 atom stereocenters. The number of anilines is 1. The maximum Gasteiger partial charge on any atom is 0.161 e. The molecule has 1 saturated heterocycles. The molecule has 2 aromatic heterocycles. The second-order valence-corrected chi connectivity index (χ2v) is 5.73. The lowest BCUT2D eigenvalue weighted by Crippen LogP contribution is -2.31. The van der Waals surface area contributed by atoms with Crippen LogP contribution in [0.3, 0.4) is 0 Å². The molecule has 0 unspecified atom stereocenters. The van der Waals surface area contributed by atoms with Gasteiger partial charge in [0.1, 0.15) is 5.82 Å². The van der Waals surface area contributed by atoms with Crippen molar-refractivity contribution in [1.29, 1.82) is 0 Å². The molecule has 0 amide bonds. The molecule has 1 aliphatic rings. The summed E-state index contributed by atoms with van der Waals surface area (Å²) >= 11 is 0. The number of rotatable bonds is 5. The first-order valence-corrected chi connectivity index (χ1v) is 8.08. The predicted molar refractivity (Wildman–Crippen MR) is 88.7 cm³/mol. The first-order valence-electron chi connectivity index (χ1n) is 8.08. The predicted octanol–water partition coefficient (Wildman–Crippen LogP) is 2.51. The molecule has 116 valence electrons. The van der Waals surface area contributed by atoms with E-state index in [2.05, 4.69) is 38.6 Å². The summed E-state index contributed by atoms with van der Waals surface area (Å²) in [5.41, 5.74) is 2.07. The highest BCUT2D eigenvalue weighted by molar-refractivity contribution is 5.56. The van der Waals surface area contributed by atoms with Crippen molar-refractivity contribution >= 4 is 5.82 Å². The molecule has 2 aromatic rings. The quantitative estimate of drug-likeness (QED) is 0.888. The average Bonchev–Trinajstić information content (AvgIpc) is 2.61. The van der Waals surface area contributed by atoms with Gasteiger partial charge in [0.2, 0.25) is 0 Å². The number of aromatic nitrogens is 3. The second kappa shape index (κ2) is 7.31. The standard InChI is InChI=1S/C17H23N5/c1-2-15-11-16(20-12-13-3-7-18-8-4-13)22-17(21-15)14-5-9-19-10-6-14/h5-6,9-11,13,18H,2-4,7-8,12H2,1H3,(H,20,21,22). The molecule has 3 rings (SSSR count). The summed E-state index contributed by atoms with van der Waals surface area (Å²) in [4.78, 5) is 13.4. The third kappa shape index (κ3) is 3.80. The molecule has 0 aliphatic carbocycles. The first kappa shape index (κ1) is 14.9. The van der Waals surface area contributed by atoms with Crippen molar-refractivity contribution in [1.82, 2.24) is 20.3 Å². The number of nitrogens with one attached hydrogen (secondary N) is 2. The van der Waals surface area contributed by atoms with Gasteiger partial charge in [0.15, 0.2) is 5.82 Å². The van der Waals surface area contributed by atoms with E-state index >= 15 is 0 Å². The number of hydrogen-bond acceptors (Lipinski definition) is 5. The highest BCUT2D eigenvalue weighted by atomic mass is 15.0. The van der Waals surface area contributed by atoms with Crippen LogP contribution >= 0.6 is 0 Å². The first-order chi connectivity index (χ1) is 10.8. The van der Waals surface area contributed by atoms with E-state index < -0.39 is 0 Å². The topological polar surface area (TPSA) is 62.7 Å². The Morgan fingerprint density at radius 3 is 2.68 bits per heavy atom. The summed E-state index contributed by atoms with van der Waals surface area (Å²) in [7, 11) is 0. The Kier molecular flexibility index (Phi) is 4.96. The lowest BCUT2D eigenvalue weighted by Gasteiger charge is -2.23. The molecule has 0 radical (unpaired) electrons. The van der Waals surface area contributed by atoms with Crippen molar-refractivity contribution < 1.29 is 0 Å². The van der Waals surface area contributed by atoms with Crippen LogP contribution in [0.5, 0.6) is 0 Å². The van der Waals surface area contributed by atoms with Crippen LogP contribution in [0.4, 0.5) is 5.82 Å². The summed E-state index contributed by atoms with van der Waals surface area (Å²) in [5.74, 6) is 2.43. The van der Waals surface area contributed by atoms with Gasteiger partial charge in [-0.05, 0) is 50.4 Å². The number of nitrogens with zero attached hydrogens (tertiary/aromatic N) is 3. The third-order valence-electron chi connectivity index (χ3n) is 4.11. The van der Waals surface area contributed by atoms with Crippen LogP contribution < -0.4 is 10.6 Å². The minimum absolute atomic E-state index is 0.727. The molecule has 5 heteroatoms. The average molecular weight is 297 g/mol. The lowest BCUT2D eigenvalue weighted by molar-refractivity contribution is 0.389. The molecule has 0 saturated carbocycles. The Morgan fingerprint density at radius 1 is 1.18 bits per heavy atom. The maximum atomic E-state index is 4.67. The number of hydrogen-bond donors (Lipinski definition) is 2. The minimum atomic E-state index is 0.727. The van der Waals surface area contributed by atoms with E-state index in [1.165, 1.54) is 12.8 Å². The summed E-state index contributed by atoms with van der Waals surface area (Å²) in [6, 6.07) is 5.96. The van der Waals surface area contributed by atoms with Crippen molar-refractivity contribution in [2.75, 3.05) is 25.0 Å². The van der Waals surface area contributed by atoms with E-state index in [-0.39, 0.29) is 0 Å². The Morgan fingerprint density at radius 2 is 1.95 bits per heavy atom. The van der Waals surface area contributed by atoms with Crippen LogP contribution in [0.2, 0.25) is 0 Å². The highest BCUT2D eigenvalue weighted by Gasteiger charge is 2.13. The van der Waals surface area contributed by atoms with Gasteiger partial charge in [-0.1, -0.05) is 6.92 Å². The molecule has 5 nitrogen and oxygen atoms in total. The van der Waals surface area contributed by atoms with E-state index in [4.69, 9.17) is 0 Å². The zero-order valence-electron chi connectivity index (χ0n) is 13.0. The highest BCUT2D eigenvalue weighted by Crippen LogP contribution is 2.19. The Bertz CT molecular complexity index is 593. The van der Waals surface area contributed by atoms with Crippen molar-refractivity contribution in [3.05, 3.63) is 36.3 Å². The fourth-order valence-corrected chi connectivity index (χ4v) is 2.73. The molecule has 3 heterocycles. The normalized spacial score (nSPS) is 15.7. The zero-order valence-corrected chi connectivity index (χ0v) is 13.0. The molecule has 2 N–H and O–H groups in total. The molecule has 22 heavy (non-hydrogen) atoms. The lowest BCUT2D eigenvalue weighted by atomic mass is 9.98. The molecule has 0 bridgehead atoms. The van der Waals surface area contributed by atoms with Gasteiger partial charge >= 0.3 is 0 Å². The summed E-state index contributed by atoms with van der Waals surface area (Å²) in [6.07, 6.45) is 6.92. The summed E-state index contributed by atoms with van der Waals surface area (Å²) in [6.45, 7) is 5.35. The van der Waals surface area contributed by atoms with Crippen LogP contribution in [0.25, 0.3) is 11.4 Å². The molecular weight excluding hydrogens is 274 g/mol. The number of aryl methyl sites for hydroxylation is 1. The van der Waals surface area contributed by atoms with Crippen LogP contribution in [0.15, 0.2) is 30.6 Å². The van der Waals surface area contributed by atoms with Gasteiger partial charge in [-0.15, -0.1) is 0 Å². The fraction of sp³-hybridized carbons (Fsp3) is 0.471. The third-order valence-corrected chi connectivity index (χ3v) is 4.11. The van der Waals surface area contributed by atoms with Crippen molar-refractivity contribution in [2.24, 2.45) is 5.92 Å². The molecule has 0 spiro atoms. The Hall–Kier alpha value is -2.01. The van der Waals surface area contributed by atoms with Crippen LogP contribution in [0, 0.1) is 5.92 Å². The van der Waals surface area contributed by atoms with Gasteiger partial charge in [0.05, 0.1) is 0 Å². The monoisotopic (exact) mass is 297 g/mol. The second-order valence-electron chi connectivity index (χ2n) is 5.73. The molecular formula is C17H23N5. The van der Waals surface area contributed by atoms with Crippen molar-refractivity contribution in [3.63, 3.8) is 0 Å². The van der Waals surface area contributed by atoms with Gasteiger partial charge in [-0.2, -0.15) is 0 Å². The van der Waals surface area contributed by atoms with Crippen molar-refractivity contribution in [2.45, 2.75) is 26.2 Å². The summed E-state index contributed by atoms with van der Waals surface area (Å²) in [5, 5.41) is 6.91. The fourth-order valence-electron chi connectivity index (χ4n) is 2.73. The smallest absolute Gasteiger partial charge is 0.161 e. The minimum Gasteiger partial charge on any atom is -0.370 e.